The van der Waals surface area contributed by atoms with Crippen LogP contribution in [-0.2, 0) is 20.9 Å². The second-order valence-corrected chi connectivity index (χ2v) is 20.1. The summed E-state index contributed by atoms with van der Waals surface area (Å²) in [7, 11) is 0. The van der Waals surface area contributed by atoms with Gasteiger partial charge in [0.15, 0.2) is 5.65 Å². The molecule has 3 atom stereocenters. The monoisotopic (exact) mass is 910 g/mol. The number of fused-ring (bicyclic) bond motifs is 1. The molecule has 0 radical (unpaired) electrons. The van der Waals surface area contributed by atoms with Crippen molar-refractivity contribution in [1.29, 1.82) is 0 Å². The van der Waals surface area contributed by atoms with Gasteiger partial charge in [-0.25, -0.2) is 15.0 Å². The molecule has 6 heterocycles. The number of aromatic hydroxyl groups is 1. The minimum Gasteiger partial charge on any atom is -0.507 e. The number of aromatic amines is 1. The molecule has 0 unspecified atom stereocenters. The number of nitrogens with one attached hydrogen (secondary N) is 3. The number of aliphatic hydroxyl groups is 1. The number of nitrogens with zero attached hydrogens (tertiary/aromatic N) is 7. The smallest absolute Gasteiger partial charge is 0.246 e. The van der Waals surface area contributed by atoms with E-state index in [0.29, 0.717) is 30.0 Å². The minimum absolute atomic E-state index is 0.0257. The molecule has 0 bridgehead atoms. The molecule has 2 aliphatic heterocycles. The minimum atomic E-state index is -0.877. The molecule has 3 fully saturated rings. The van der Waals surface area contributed by atoms with Gasteiger partial charge in [0.25, 0.3) is 0 Å². The Morgan fingerprint density at radius 2 is 1.62 bits per heavy atom. The maximum Gasteiger partial charge on any atom is 0.246 e. The van der Waals surface area contributed by atoms with Crippen LogP contribution < -0.4 is 15.5 Å². The van der Waals surface area contributed by atoms with Crippen LogP contribution in [0.5, 0.6) is 5.75 Å². The third-order valence-electron chi connectivity index (χ3n) is 13.7. The van der Waals surface area contributed by atoms with Gasteiger partial charge in [-0.3, -0.25) is 14.4 Å². The van der Waals surface area contributed by atoms with Crippen molar-refractivity contribution in [3.8, 4) is 27.4 Å². The average molecular weight is 911 g/mol. The molecule has 4 aromatic heterocycles. The number of phenolic OH excluding ortho intramolecular Hbond substituents is 1. The van der Waals surface area contributed by atoms with Gasteiger partial charge in [-0.15, -0.1) is 21.5 Å². The molecule has 5 N–H and O–H groups in total. The Kier molecular flexibility index (Phi) is 12.9. The Hall–Kier alpha value is -6.26. The Labute approximate surface area is 388 Å². The van der Waals surface area contributed by atoms with Crippen LogP contribution in [0.1, 0.15) is 100 Å². The summed E-state index contributed by atoms with van der Waals surface area (Å²) in [4.78, 5) is 63.9. The predicted molar refractivity (Wildman–Crippen MR) is 254 cm³/mol. The van der Waals surface area contributed by atoms with Crippen LogP contribution in [0.15, 0.2) is 78.6 Å². The first kappa shape index (κ1) is 44.9. The lowest BCUT2D eigenvalue weighted by Crippen LogP contribution is -2.58. The normalized spacial score (nSPS) is 20.9. The largest absolute Gasteiger partial charge is 0.507 e. The van der Waals surface area contributed by atoms with Crippen LogP contribution in [0.25, 0.3) is 32.7 Å². The summed E-state index contributed by atoms with van der Waals surface area (Å²) < 4.78 is 0. The first-order valence-electron chi connectivity index (χ1n) is 23.1. The average Bonchev–Trinajstić information content (AvgIpc) is 4.07. The molecular weight excluding hydrogens is 853 g/mol. The highest BCUT2D eigenvalue weighted by molar-refractivity contribution is 7.13. The van der Waals surface area contributed by atoms with E-state index < -0.39 is 23.6 Å². The summed E-state index contributed by atoms with van der Waals surface area (Å²) in [6, 6.07) is 17.5. The SMILES string of the molecule is Cc1ncsc1-c1ccc(CNC(=O)[C@@H]2C[C@@H](O)CN2C(=O)[C@@H](NC(=O)C2CCC(c3cnc(N4CCC(c5cc6cc(-c7ccccc7O)nnc6[nH]5)CC4)nc3)CC2)C(C)(C)C)cc1. The molecule has 0 spiro atoms. The number of benzene rings is 2. The highest BCUT2D eigenvalue weighted by atomic mass is 32.1. The van der Waals surface area contributed by atoms with E-state index in [9.17, 15) is 24.6 Å². The number of aromatic nitrogens is 6. The van der Waals surface area contributed by atoms with Crippen LogP contribution in [0.3, 0.4) is 0 Å². The summed E-state index contributed by atoms with van der Waals surface area (Å²) in [6.45, 7) is 9.66. The second-order valence-electron chi connectivity index (χ2n) is 19.3. The number of carbonyl (C=O) groups is 3. The number of aliphatic hydroxyl groups excluding tert-OH is 1. The summed E-state index contributed by atoms with van der Waals surface area (Å²) >= 11 is 1.59. The van der Waals surface area contributed by atoms with Crippen molar-refractivity contribution < 1.29 is 24.6 Å². The van der Waals surface area contributed by atoms with Crippen LogP contribution in [0.4, 0.5) is 5.95 Å². The van der Waals surface area contributed by atoms with E-state index in [2.05, 4.69) is 41.8 Å². The van der Waals surface area contributed by atoms with Crippen LogP contribution in [0, 0.1) is 18.3 Å². The third-order valence-corrected chi connectivity index (χ3v) is 14.7. The zero-order chi connectivity index (χ0) is 46.1. The molecule has 344 valence electrons. The van der Waals surface area contributed by atoms with E-state index in [1.165, 1.54) is 4.90 Å². The number of amides is 3. The summed E-state index contributed by atoms with van der Waals surface area (Å²) in [5.74, 6) is 0.359. The molecule has 16 heteroatoms. The topological polar surface area (TPSA) is 202 Å². The number of anilines is 1. The molecule has 2 aromatic carbocycles. The number of H-pyrrole nitrogens is 1. The molecule has 9 rings (SSSR count). The van der Waals surface area contributed by atoms with Gasteiger partial charge in [-0.05, 0) is 97.7 Å². The summed E-state index contributed by atoms with van der Waals surface area (Å²) in [5, 5.41) is 36.8. The molecular formula is C50H58N10O5S. The van der Waals surface area contributed by atoms with Gasteiger partial charge >= 0.3 is 0 Å². The Balaban J connectivity index is 0.753. The molecule has 15 nitrogen and oxygen atoms in total. The summed E-state index contributed by atoms with van der Waals surface area (Å²) in [6.07, 6.45) is 7.98. The number of piperidine rings is 1. The van der Waals surface area contributed by atoms with Crippen molar-refractivity contribution >= 4 is 46.0 Å². The van der Waals surface area contributed by atoms with E-state index in [1.54, 1.807) is 23.5 Å². The zero-order valence-corrected chi connectivity index (χ0v) is 38.7. The maximum atomic E-state index is 14.3. The van der Waals surface area contributed by atoms with E-state index in [4.69, 9.17) is 9.97 Å². The number of rotatable bonds is 11. The van der Waals surface area contributed by atoms with Crippen molar-refractivity contribution in [2.24, 2.45) is 11.3 Å². The van der Waals surface area contributed by atoms with Gasteiger partial charge < -0.3 is 35.6 Å². The number of hydrogen-bond donors (Lipinski definition) is 5. The van der Waals surface area contributed by atoms with Gasteiger partial charge in [0, 0.05) is 73.5 Å². The molecule has 6 aromatic rings. The first-order valence-corrected chi connectivity index (χ1v) is 23.9. The number of aryl methyl sites for hydroxylation is 1. The fraction of sp³-hybridized carbons (Fsp3) is 0.440. The number of likely N-dealkylation sites (tertiary alicyclic amines) is 1. The molecule has 1 aliphatic carbocycles. The number of β-amino-alcohol motifs (C(OH)–C–C–N with tert-alkyl or cyclic N) is 1. The third kappa shape index (κ3) is 9.66. The highest BCUT2D eigenvalue weighted by Gasteiger charge is 2.45. The van der Waals surface area contributed by atoms with Gasteiger partial charge in [0.1, 0.15) is 17.8 Å². The Morgan fingerprint density at radius 1 is 0.894 bits per heavy atom. The molecule has 2 saturated heterocycles. The highest BCUT2D eigenvalue weighted by Crippen LogP contribution is 2.38. The van der Waals surface area contributed by atoms with E-state index in [0.717, 1.165) is 88.7 Å². The van der Waals surface area contributed by atoms with E-state index >= 15 is 0 Å². The second kappa shape index (κ2) is 18.9. The van der Waals surface area contributed by atoms with Crippen molar-refractivity contribution in [3.05, 3.63) is 101 Å². The fourth-order valence-electron chi connectivity index (χ4n) is 9.82. The zero-order valence-electron chi connectivity index (χ0n) is 37.9. The maximum absolute atomic E-state index is 14.3. The van der Waals surface area contributed by atoms with Crippen LogP contribution in [-0.4, -0.2) is 101 Å². The quantitative estimate of drug-likeness (QED) is 0.0895. The molecule has 66 heavy (non-hydrogen) atoms. The van der Waals surface area contributed by atoms with Crippen LogP contribution in [0.2, 0.25) is 0 Å². The van der Waals surface area contributed by atoms with E-state index in [-0.39, 0.29) is 54.8 Å². The number of hydrogen-bond acceptors (Lipinski definition) is 12. The Morgan fingerprint density at radius 3 is 2.30 bits per heavy atom. The number of thiazole rings is 1. The van der Waals surface area contributed by atoms with Gasteiger partial charge in [-0.1, -0.05) is 57.2 Å². The Bertz CT molecular complexity index is 2680. The molecule has 3 amide bonds. The first-order chi connectivity index (χ1) is 31.8. The van der Waals surface area contributed by atoms with Gasteiger partial charge in [0.2, 0.25) is 23.7 Å². The number of para-hydroxylation sites is 1. The number of carbonyl (C=O) groups excluding carboxylic acids is 3. The lowest BCUT2D eigenvalue weighted by Gasteiger charge is -2.37. The fourth-order valence-corrected chi connectivity index (χ4v) is 10.6. The number of phenols is 1. The lowest BCUT2D eigenvalue weighted by atomic mass is 9.78. The van der Waals surface area contributed by atoms with Crippen molar-refractivity contribution in [2.75, 3.05) is 24.5 Å². The van der Waals surface area contributed by atoms with Crippen molar-refractivity contribution in [1.82, 2.24) is 45.7 Å². The lowest BCUT2D eigenvalue weighted by molar-refractivity contribution is -0.144. The standard InChI is InChI=1S/C50H58N10O5S/c1-29-43(66-28-54-29)33-11-9-30(10-12-33)24-51-47(64)41-23-37(61)27-60(41)48(65)44(50(2,3)4)56-46(63)34-15-13-31(14-16-34)36-25-52-49(53-26-36)59-19-17-32(18-20-59)39-21-35-22-40(57-58-45(35)55-39)38-7-5-6-8-42(38)62/h5-12,21-22,25-26,28,31-32,34,37,41,44,61-62H,13-20,23-24,27H2,1-4H3,(H,51,64)(H,55,58)(H,56,63)/t31?,34?,37-,41+,44-/m1/s1. The van der Waals surface area contributed by atoms with Crippen molar-refractivity contribution in [2.45, 2.75) is 109 Å². The van der Waals surface area contributed by atoms with E-state index in [1.807, 2.05) is 88.1 Å². The van der Waals surface area contributed by atoms with Crippen molar-refractivity contribution in [3.63, 3.8) is 0 Å². The van der Waals surface area contributed by atoms with Gasteiger partial charge in [0.05, 0.1) is 27.9 Å². The van der Waals surface area contributed by atoms with Crippen LogP contribution >= 0.6 is 11.3 Å². The van der Waals surface area contributed by atoms with Gasteiger partial charge in [-0.2, -0.15) is 0 Å². The predicted octanol–water partition coefficient (Wildman–Crippen LogP) is 7.02. The molecule has 3 aliphatic rings. The summed E-state index contributed by atoms with van der Waals surface area (Å²) in [5.41, 5.74) is 8.36. The molecule has 1 saturated carbocycles.